The molecule has 28 heteroatoms. The van der Waals surface area contributed by atoms with Gasteiger partial charge in [0.1, 0.15) is 55.2 Å². The van der Waals surface area contributed by atoms with E-state index in [9.17, 15) is 24.0 Å². The number of benzene rings is 3. The van der Waals surface area contributed by atoms with Crippen molar-refractivity contribution in [3.8, 4) is 11.5 Å². The van der Waals surface area contributed by atoms with Gasteiger partial charge in [-0.3, -0.25) is 23.7 Å². The number of carbonyl (C=O) groups excluding carboxylic acids is 6. The Morgan fingerprint density at radius 2 is 0.921 bits per heavy atom. The van der Waals surface area contributed by atoms with Crippen molar-refractivity contribution in [2.45, 2.75) is 367 Å². The van der Waals surface area contributed by atoms with Crippen LogP contribution in [0.5, 0.6) is 11.5 Å². The zero-order valence-corrected chi connectivity index (χ0v) is 74.0. The highest BCUT2D eigenvalue weighted by atomic mass is 35.6. The molecule has 0 bridgehead atoms. The van der Waals surface area contributed by atoms with Gasteiger partial charge in [-0.25, -0.2) is 14.2 Å². The van der Waals surface area contributed by atoms with Crippen LogP contribution in [0.15, 0.2) is 91.0 Å². The monoisotopic (exact) mass is 1740 g/mol. The zero-order chi connectivity index (χ0) is 83.1. The number of para-hydroxylation sites is 2. The maximum Gasteiger partial charge on any atom is 0.588 e. The molecule has 2 amide bonds. The molecule has 21 nitrogen and oxygen atoms in total. The summed E-state index contributed by atoms with van der Waals surface area (Å²) in [6.45, 7) is 8.94. The smallest absolute Gasteiger partial charge is 0.462 e. The number of carbonyl (C=O) groups is 6. The number of ether oxygens (including phenoxy) is 9. The van der Waals surface area contributed by atoms with Crippen LogP contribution in [-0.2, 0) is 77.5 Å². The highest BCUT2D eigenvalue weighted by molar-refractivity contribution is 7.49. The van der Waals surface area contributed by atoms with E-state index in [1.807, 2.05) is 30.3 Å². The summed E-state index contributed by atoms with van der Waals surface area (Å²) in [5, 5.41) is 5.69. The molecule has 8 atom stereocenters. The highest BCUT2D eigenvalue weighted by Gasteiger charge is 2.55. The predicted molar refractivity (Wildman–Crippen MR) is 452 cm³/mol. The maximum atomic E-state index is 15.9. The number of phosphoric acid groups is 1. The van der Waals surface area contributed by atoms with Crippen LogP contribution < -0.4 is 19.7 Å². The van der Waals surface area contributed by atoms with Crippen LogP contribution in [0, 0.1) is 0 Å². The minimum Gasteiger partial charge on any atom is -0.462 e. The van der Waals surface area contributed by atoms with E-state index in [1.54, 1.807) is 36.4 Å². The Morgan fingerprint density at radius 1 is 0.500 bits per heavy atom. The Kier molecular flexibility index (Phi) is 53.6. The standard InChI is InChI=1S/C86H133Cl6N2O19P/c1-7-11-15-19-23-27-29-33-42-56-71(106-75(96)58-48-35-31-25-21-17-13-9-3)60-74(95)93-68(63-102-62-67-50-40-37-41-51-67)64-103-81-78(94-82(99)105-66-85(87,88)89)80(109-77(98)61-72(57-43-34-30-28-24-20-16-12-8-2)107-76(97)59-49-36-32-26-22-18-14-10-4)79(73(108-81)65-104-83(100)110-84(5,6)86(90,91)92)113-114(101,111-69-52-44-38-45-53-69)112-70-54-46-39-47-55-70/h37-41,44-47,50-55,68,71-73,78-81H,7-36,42-43,48-49,56-66H2,1-6H3,(H,93,95)(H,94,99)/t68-,71+,72+,73+,78+,79+,80+,81+/m0/s1. The summed E-state index contributed by atoms with van der Waals surface area (Å²) >= 11 is 37.4. The van der Waals surface area contributed by atoms with Crippen LogP contribution >= 0.6 is 77.4 Å². The van der Waals surface area contributed by atoms with Crippen molar-refractivity contribution in [3.63, 3.8) is 0 Å². The van der Waals surface area contributed by atoms with E-state index in [1.165, 1.54) is 83.1 Å². The average molecular weight is 1740 g/mol. The van der Waals surface area contributed by atoms with E-state index < -0.39 is 132 Å². The fraction of sp³-hybridized carbons (Fsp3) is 0.721. The molecule has 1 heterocycles. The van der Waals surface area contributed by atoms with Gasteiger partial charge in [0.15, 0.2) is 18.0 Å². The SMILES string of the molecule is CCCCCCCCCCC[C@H](CC(=O)N[C@@H](COCc1ccccc1)CO[C@@H]1O[C@H](COC(=O)OC(C)(C)C(Cl)(Cl)Cl)[C@@H](OP(=O)(Oc2ccccc2)Oc2ccccc2)[C@H](OC(=O)C[C@@H](CCCCCCCCCCC)OC(=O)CCCCCCCCCC)[C@H]1NC(=O)OCC(Cl)(Cl)Cl)OC(=O)CCCCCCCCCC. The minimum absolute atomic E-state index is 0.0268. The quantitative estimate of drug-likeness (QED) is 0.0175. The zero-order valence-electron chi connectivity index (χ0n) is 68.6. The van der Waals surface area contributed by atoms with Crippen LogP contribution in [-0.4, -0.2) is 125 Å². The van der Waals surface area contributed by atoms with E-state index in [0.717, 1.165) is 153 Å². The Hall–Kier alpha value is -4.51. The van der Waals surface area contributed by atoms with Crippen molar-refractivity contribution < 1.29 is 89.5 Å². The summed E-state index contributed by atoms with van der Waals surface area (Å²) in [6, 6.07) is 22.0. The van der Waals surface area contributed by atoms with E-state index in [4.69, 9.17) is 126 Å². The normalized spacial score (nSPS) is 16.7. The van der Waals surface area contributed by atoms with Crippen LogP contribution in [0.1, 0.15) is 304 Å². The number of hydrogen-bond donors (Lipinski definition) is 2. The molecule has 0 aromatic heterocycles. The van der Waals surface area contributed by atoms with E-state index in [-0.39, 0.29) is 50.4 Å². The lowest BCUT2D eigenvalue weighted by Crippen LogP contribution is -2.67. The molecule has 1 aliphatic rings. The lowest BCUT2D eigenvalue weighted by Gasteiger charge is -2.45. The molecule has 0 spiro atoms. The molecule has 2 N–H and O–H groups in total. The summed E-state index contributed by atoms with van der Waals surface area (Å²) in [4.78, 5) is 86.3. The molecule has 1 saturated heterocycles. The van der Waals surface area contributed by atoms with Crippen LogP contribution in [0.3, 0.4) is 0 Å². The van der Waals surface area contributed by atoms with Gasteiger partial charge < -0.3 is 62.3 Å². The Morgan fingerprint density at radius 3 is 1.36 bits per heavy atom. The molecule has 3 aromatic carbocycles. The van der Waals surface area contributed by atoms with Crippen molar-refractivity contribution in [2.24, 2.45) is 0 Å². The number of hydrogen-bond acceptors (Lipinski definition) is 19. The number of esters is 3. The molecule has 648 valence electrons. The van der Waals surface area contributed by atoms with Crippen LogP contribution in [0.4, 0.5) is 9.59 Å². The third-order valence-corrected chi connectivity index (χ3v) is 22.6. The van der Waals surface area contributed by atoms with Gasteiger partial charge in [0, 0.05) is 12.8 Å². The summed E-state index contributed by atoms with van der Waals surface area (Å²) in [5.41, 5.74) is -1.03. The maximum absolute atomic E-state index is 15.9. The molecule has 0 radical (unpaired) electrons. The molecule has 0 unspecified atom stereocenters. The number of amides is 2. The topological polar surface area (TPSA) is 254 Å². The van der Waals surface area contributed by atoms with Crippen molar-refractivity contribution in [3.05, 3.63) is 96.6 Å². The lowest BCUT2D eigenvalue weighted by molar-refractivity contribution is -0.272. The number of rotatable bonds is 64. The largest absolute Gasteiger partial charge is 0.588 e. The molecule has 4 rings (SSSR count). The minimum atomic E-state index is -5.21. The first-order chi connectivity index (χ1) is 54.7. The Balaban J connectivity index is 1.90. The molecule has 1 fully saturated rings. The summed E-state index contributed by atoms with van der Waals surface area (Å²) < 4.78 is 86.1. The number of halogens is 6. The molecular formula is C86H133Cl6N2O19P. The molecule has 3 aromatic rings. The second kappa shape index (κ2) is 60.0. The molecule has 0 aliphatic carbocycles. The second-order valence-electron chi connectivity index (χ2n) is 30.3. The van der Waals surface area contributed by atoms with Crippen molar-refractivity contribution in [1.82, 2.24) is 10.6 Å². The summed E-state index contributed by atoms with van der Waals surface area (Å²) in [6.07, 6.45) is 22.6. The molecule has 1 aliphatic heterocycles. The highest BCUT2D eigenvalue weighted by Crippen LogP contribution is 2.53. The van der Waals surface area contributed by atoms with Crippen molar-refractivity contribution >= 4 is 113 Å². The first kappa shape index (κ1) is 102. The third kappa shape index (κ3) is 47.3. The van der Waals surface area contributed by atoms with Gasteiger partial charge >= 0.3 is 38.0 Å². The number of unbranched alkanes of at least 4 members (excludes halogenated alkanes) is 30. The van der Waals surface area contributed by atoms with E-state index >= 15 is 9.36 Å². The number of phosphoric ester groups is 1. The molecular weight excluding hydrogens is 1610 g/mol. The van der Waals surface area contributed by atoms with Gasteiger partial charge in [0.2, 0.25) is 13.5 Å². The van der Waals surface area contributed by atoms with Gasteiger partial charge in [-0.2, -0.15) is 0 Å². The summed E-state index contributed by atoms with van der Waals surface area (Å²) in [5.74, 6) is -2.50. The predicted octanol–water partition coefficient (Wildman–Crippen LogP) is 24.3. The van der Waals surface area contributed by atoms with Gasteiger partial charge in [-0.1, -0.05) is 357 Å². The lowest BCUT2D eigenvalue weighted by atomic mass is 9.96. The molecule has 114 heavy (non-hydrogen) atoms. The first-order valence-electron chi connectivity index (χ1n) is 42.2. The average Bonchev–Trinajstić information content (AvgIpc) is 0.769. The Labute approximate surface area is 710 Å². The van der Waals surface area contributed by atoms with Gasteiger partial charge in [0.25, 0.3) is 0 Å². The van der Waals surface area contributed by atoms with Crippen LogP contribution in [0.25, 0.3) is 0 Å². The fourth-order valence-electron chi connectivity index (χ4n) is 13.0. The van der Waals surface area contributed by atoms with Crippen molar-refractivity contribution in [2.75, 3.05) is 26.4 Å². The molecule has 0 saturated carbocycles. The van der Waals surface area contributed by atoms with Gasteiger partial charge in [-0.05, 0) is 82.2 Å². The van der Waals surface area contributed by atoms with Crippen molar-refractivity contribution in [1.29, 1.82) is 0 Å². The third-order valence-electron chi connectivity index (χ3n) is 19.5. The number of alkyl carbamates (subject to hydrolysis) is 1. The summed E-state index contributed by atoms with van der Waals surface area (Å²) in [7, 11) is -5.21. The second-order valence-corrected chi connectivity index (χ2v) is 36.5. The van der Waals surface area contributed by atoms with E-state index in [0.29, 0.717) is 32.1 Å². The first-order valence-corrected chi connectivity index (χ1v) is 45.9. The van der Waals surface area contributed by atoms with Crippen LogP contribution in [0.2, 0.25) is 0 Å². The fourth-order valence-corrected chi connectivity index (χ4v) is 14.7. The number of nitrogens with one attached hydrogen (secondary N) is 2. The van der Waals surface area contributed by atoms with Gasteiger partial charge in [0.05, 0.1) is 38.7 Å². The van der Waals surface area contributed by atoms with Gasteiger partial charge in [-0.15, -0.1) is 0 Å². The number of alkyl halides is 6. The van der Waals surface area contributed by atoms with E-state index in [2.05, 4.69) is 38.3 Å². The Bertz CT molecular complexity index is 3060.